The number of aliphatic hydroxyl groups is 4. The molecule has 3 aliphatic rings. The normalized spacial score (nSPS) is 33.3. The van der Waals surface area contributed by atoms with E-state index in [1.165, 1.54) is 44.1 Å². The molecule has 1 amide bonds. The first kappa shape index (κ1) is 24.9. The van der Waals surface area contributed by atoms with Crippen molar-refractivity contribution >= 4 is 23.2 Å². The fraction of sp³-hybridized carbons (Fsp3) is 0.409. The SMILES string of the molecule is CN(C)[C@@H]1C(=O)C(C(N)=O)=C(O)[C@@]2(O)C(=O)C3=C(O)c4c(O)cccc4[C@@](C)(O)[C@H]3C[C@@H]12.[Cu]. The van der Waals surface area contributed by atoms with Crippen molar-refractivity contribution in [2.75, 3.05) is 14.1 Å². The minimum absolute atomic E-state index is 0. The number of aliphatic hydroxyl groups excluding tert-OH is 2. The fourth-order valence-corrected chi connectivity index (χ4v) is 5.50. The van der Waals surface area contributed by atoms with Crippen LogP contribution in [-0.2, 0) is 37.1 Å². The van der Waals surface area contributed by atoms with Gasteiger partial charge < -0.3 is 31.3 Å². The van der Waals surface area contributed by atoms with E-state index in [1.807, 2.05) is 0 Å². The van der Waals surface area contributed by atoms with Gasteiger partial charge in [0.05, 0.1) is 17.2 Å². The van der Waals surface area contributed by atoms with Gasteiger partial charge in [-0.25, -0.2) is 0 Å². The van der Waals surface area contributed by atoms with E-state index in [9.17, 15) is 39.9 Å². The predicted octanol–water partition coefficient (Wildman–Crippen LogP) is -0.373. The van der Waals surface area contributed by atoms with Gasteiger partial charge in [0.25, 0.3) is 5.91 Å². The van der Waals surface area contributed by atoms with Crippen molar-refractivity contribution in [2.24, 2.45) is 17.6 Å². The maximum atomic E-state index is 13.7. The molecule has 181 valence electrons. The number of carbonyl (C=O) groups is 3. The zero-order valence-corrected chi connectivity index (χ0v) is 18.9. The summed E-state index contributed by atoms with van der Waals surface area (Å²) in [6.45, 7) is 1.40. The van der Waals surface area contributed by atoms with Crippen molar-refractivity contribution in [3.63, 3.8) is 0 Å². The Morgan fingerprint density at radius 2 is 1.76 bits per heavy atom. The van der Waals surface area contributed by atoms with Crippen LogP contribution in [0.25, 0.3) is 5.76 Å². The van der Waals surface area contributed by atoms with E-state index >= 15 is 0 Å². The molecule has 0 heterocycles. The Morgan fingerprint density at radius 3 is 2.30 bits per heavy atom. The number of amides is 1. The molecule has 4 rings (SSSR count). The summed E-state index contributed by atoms with van der Waals surface area (Å²) in [4.78, 5) is 40.0. The molecular formula is C22H24CuN2O8. The van der Waals surface area contributed by atoms with Crippen LogP contribution in [0.3, 0.4) is 0 Å². The second kappa shape index (κ2) is 7.68. The van der Waals surface area contributed by atoms with Crippen LogP contribution < -0.4 is 5.73 Å². The summed E-state index contributed by atoms with van der Waals surface area (Å²) in [7, 11) is 3.01. The molecule has 0 spiro atoms. The van der Waals surface area contributed by atoms with Crippen LogP contribution in [0.15, 0.2) is 35.1 Å². The van der Waals surface area contributed by atoms with Crippen LogP contribution in [0.5, 0.6) is 5.75 Å². The maximum Gasteiger partial charge on any atom is 0.255 e. The Hall–Kier alpha value is -2.69. The molecule has 1 fully saturated rings. The first-order valence-electron chi connectivity index (χ1n) is 9.97. The van der Waals surface area contributed by atoms with E-state index in [1.54, 1.807) is 0 Å². The number of nitrogens with two attached hydrogens (primary N) is 1. The van der Waals surface area contributed by atoms with E-state index < -0.39 is 75.0 Å². The van der Waals surface area contributed by atoms with Crippen molar-refractivity contribution in [3.05, 3.63) is 46.2 Å². The molecule has 0 aromatic heterocycles. The van der Waals surface area contributed by atoms with E-state index in [4.69, 9.17) is 5.73 Å². The number of ketones is 2. The summed E-state index contributed by atoms with van der Waals surface area (Å²) in [5.41, 5.74) is -0.548. The van der Waals surface area contributed by atoms with Crippen LogP contribution >= 0.6 is 0 Å². The van der Waals surface area contributed by atoms with Crippen LogP contribution in [0.2, 0.25) is 0 Å². The Labute approximate surface area is 199 Å². The molecule has 33 heavy (non-hydrogen) atoms. The van der Waals surface area contributed by atoms with Crippen molar-refractivity contribution < 1.29 is 57.0 Å². The third kappa shape index (κ3) is 3.00. The van der Waals surface area contributed by atoms with Gasteiger partial charge in [0.15, 0.2) is 11.4 Å². The average molecular weight is 508 g/mol. The first-order chi connectivity index (χ1) is 14.8. The molecule has 0 saturated heterocycles. The number of fused-ring (bicyclic) bond motifs is 3. The Balaban J connectivity index is 0.00000306. The van der Waals surface area contributed by atoms with Crippen LogP contribution in [0.1, 0.15) is 24.5 Å². The number of nitrogens with zero attached hydrogens (tertiary/aromatic N) is 1. The average Bonchev–Trinajstić information content (AvgIpc) is 2.68. The summed E-state index contributed by atoms with van der Waals surface area (Å²) < 4.78 is 0. The molecule has 3 aliphatic carbocycles. The van der Waals surface area contributed by atoms with E-state index in [0.29, 0.717) is 0 Å². The van der Waals surface area contributed by atoms with E-state index in [2.05, 4.69) is 0 Å². The third-order valence-electron chi connectivity index (χ3n) is 7.02. The van der Waals surface area contributed by atoms with E-state index in [0.717, 1.165) is 0 Å². The molecular weight excluding hydrogens is 484 g/mol. The number of Topliss-reactive ketones (excluding diaryl/α,β-unsaturated/α-hetero) is 2. The second-order valence-corrected chi connectivity index (χ2v) is 8.96. The molecule has 7 N–H and O–H groups in total. The molecule has 1 radical (unpaired) electrons. The van der Waals surface area contributed by atoms with Gasteiger partial charge in [0.2, 0.25) is 5.78 Å². The van der Waals surface area contributed by atoms with Crippen molar-refractivity contribution in [1.82, 2.24) is 4.90 Å². The Kier molecular flexibility index (Phi) is 5.80. The zero-order valence-electron chi connectivity index (χ0n) is 18.0. The number of phenolic OH excluding ortho intramolecular Hbond substituents is 1. The van der Waals surface area contributed by atoms with Gasteiger partial charge >= 0.3 is 0 Å². The van der Waals surface area contributed by atoms with Crippen molar-refractivity contribution in [2.45, 2.75) is 30.6 Å². The Morgan fingerprint density at radius 1 is 1.15 bits per heavy atom. The molecule has 0 bridgehead atoms. The fourth-order valence-electron chi connectivity index (χ4n) is 5.50. The molecule has 5 atom stereocenters. The van der Waals surface area contributed by atoms with Gasteiger partial charge in [-0.2, -0.15) is 0 Å². The van der Waals surface area contributed by atoms with Crippen molar-refractivity contribution in [3.8, 4) is 5.75 Å². The van der Waals surface area contributed by atoms with Gasteiger partial charge in [-0.15, -0.1) is 0 Å². The summed E-state index contributed by atoms with van der Waals surface area (Å²) in [6, 6.07) is 3.02. The number of benzene rings is 1. The number of carbonyl (C=O) groups excluding carboxylic acids is 3. The number of primary amides is 1. The first-order valence-corrected chi connectivity index (χ1v) is 9.97. The summed E-state index contributed by atoms with van der Waals surface area (Å²) >= 11 is 0. The predicted molar refractivity (Wildman–Crippen MR) is 110 cm³/mol. The van der Waals surface area contributed by atoms with Gasteiger partial charge in [-0.3, -0.25) is 19.3 Å². The number of likely N-dealkylation sites (N-methyl/N-ethyl adjacent to an activating group) is 1. The van der Waals surface area contributed by atoms with E-state index in [-0.39, 0.29) is 34.6 Å². The molecule has 0 aliphatic heterocycles. The van der Waals surface area contributed by atoms with Gasteiger partial charge in [-0.1, -0.05) is 12.1 Å². The van der Waals surface area contributed by atoms with Gasteiger partial charge in [0, 0.05) is 34.5 Å². The van der Waals surface area contributed by atoms with Gasteiger partial charge in [-0.05, 0) is 39.1 Å². The van der Waals surface area contributed by atoms with Crippen LogP contribution in [0, 0.1) is 11.8 Å². The quantitative estimate of drug-likeness (QED) is 0.230. The molecule has 10 nitrogen and oxygen atoms in total. The van der Waals surface area contributed by atoms with Crippen LogP contribution in [-0.4, -0.2) is 73.6 Å². The summed E-state index contributed by atoms with van der Waals surface area (Å²) in [6.07, 6.45) is -0.200. The monoisotopic (exact) mass is 507 g/mol. The van der Waals surface area contributed by atoms with Crippen molar-refractivity contribution in [1.29, 1.82) is 0 Å². The number of rotatable bonds is 2. The zero-order chi connectivity index (χ0) is 23.9. The van der Waals surface area contributed by atoms with Gasteiger partial charge in [0.1, 0.15) is 22.8 Å². The minimum atomic E-state index is -2.75. The molecule has 11 heteroatoms. The number of phenols is 1. The number of aromatic hydroxyl groups is 1. The molecule has 1 saturated carbocycles. The smallest absolute Gasteiger partial charge is 0.255 e. The minimum Gasteiger partial charge on any atom is -0.508 e. The largest absolute Gasteiger partial charge is 0.508 e. The van der Waals surface area contributed by atoms with Crippen LogP contribution in [0.4, 0.5) is 0 Å². The molecule has 1 aromatic rings. The molecule has 0 unspecified atom stereocenters. The second-order valence-electron chi connectivity index (χ2n) is 8.96. The molecule has 1 aromatic carbocycles. The Bertz CT molecular complexity index is 1160. The number of hydrogen-bond donors (Lipinski definition) is 6. The summed E-state index contributed by atoms with van der Waals surface area (Å²) in [5, 5.41) is 54.9. The summed E-state index contributed by atoms with van der Waals surface area (Å²) in [5.74, 6) is -7.90. The topological polar surface area (TPSA) is 182 Å². The maximum absolute atomic E-state index is 13.7. The standard InChI is InChI=1S/C22H24N2O8.Cu/c1-21(31)8-5-4-6-11(25)12(8)16(26)13-9(21)7-10-15(24(2)3)17(27)14(20(23)30)19(29)22(10,32)18(13)28;/h4-6,9-10,15,25-26,29,31-32H,7H2,1-3H3,(H2,23,30);/t9-,10-,15-,21+,22-;/m0./s1. The third-order valence-corrected chi connectivity index (χ3v) is 7.02. The number of hydrogen-bond acceptors (Lipinski definition) is 9.